The number of likely N-dealkylation sites (tertiary alicyclic amines) is 1. The topological polar surface area (TPSA) is 29.3 Å². The number of nitrogens with two attached hydrogens (primary N) is 1. The lowest BCUT2D eigenvalue weighted by Gasteiger charge is -2.28. The zero-order chi connectivity index (χ0) is 14.0. The fourth-order valence-corrected chi connectivity index (χ4v) is 3.26. The van der Waals surface area contributed by atoms with E-state index in [-0.39, 0.29) is 0 Å². The van der Waals surface area contributed by atoms with Crippen molar-refractivity contribution in [3.8, 4) is 0 Å². The van der Waals surface area contributed by atoms with Crippen LogP contribution in [0.15, 0.2) is 22.7 Å². The van der Waals surface area contributed by atoms with Crippen molar-refractivity contribution in [2.24, 2.45) is 17.6 Å². The molecule has 2 unspecified atom stereocenters. The van der Waals surface area contributed by atoms with Crippen LogP contribution in [0.5, 0.6) is 0 Å². The van der Waals surface area contributed by atoms with E-state index >= 15 is 0 Å². The number of aryl methyl sites for hydroxylation is 1. The van der Waals surface area contributed by atoms with Gasteiger partial charge in [0, 0.05) is 23.6 Å². The lowest BCUT2D eigenvalue weighted by atomic mass is 9.95. The van der Waals surface area contributed by atoms with Crippen LogP contribution in [0.4, 0.5) is 0 Å². The average Bonchev–Trinajstić information content (AvgIpc) is 2.84. The third-order valence-corrected chi connectivity index (χ3v) is 5.32. The molecule has 1 heterocycles. The van der Waals surface area contributed by atoms with Gasteiger partial charge in [-0.2, -0.15) is 0 Å². The number of benzene rings is 1. The highest BCUT2D eigenvalue weighted by Gasteiger charge is 2.29. The van der Waals surface area contributed by atoms with Crippen molar-refractivity contribution in [1.82, 2.24) is 4.90 Å². The van der Waals surface area contributed by atoms with Crippen molar-refractivity contribution in [2.45, 2.75) is 33.2 Å². The molecule has 2 nitrogen and oxygen atoms in total. The molecule has 1 aliphatic heterocycles. The van der Waals surface area contributed by atoms with E-state index in [1.807, 2.05) is 0 Å². The van der Waals surface area contributed by atoms with Crippen LogP contribution in [0.3, 0.4) is 0 Å². The van der Waals surface area contributed by atoms with E-state index in [4.69, 9.17) is 5.73 Å². The summed E-state index contributed by atoms with van der Waals surface area (Å²) in [5.41, 5.74) is 8.68. The van der Waals surface area contributed by atoms with Gasteiger partial charge in [0.05, 0.1) is 0 Å². The van der Waals surface area contributed by atoms with Gasteiger partial charge in [-0.3, -0.25) is 4.90 Å². The summed E-state index contributed by atoms with van der Waals surface area (Å²) in [6.07, 6.45) is 1.31. The van der Waals surface area contributed by atoms with Gasteiger partial charge >= 0.3 is 0 Å². The molecule has 0 amide bonds. The van der Waals surface area contributed by atoms with Crippen LogP contribution >= 0.6 is 15.9 Å². The molecule has 0 bridgehead atoms. The number of hydrogen-bond donors (Lipinski definition) is 1. The Balaban J connectivity index is 2.14. The van der Waals surface area contributed by atoms with Crippen LogP contribution in [0.2, 0.25) is 0 Å². The van der Waals surface area contributed by atoms with Crippen LogP contribution in [0.1, 0.15) is 37.4 Å². The lowest BCUT2D eigenvalue weighted by molar-refractivity contribution is 0.232. The van der Waals surface area contributed by atoms with Gasteiger partial charge in [-0.05, 0) is 48.9 Å². The van der Waals surface area contributed by atoms with Crippen LogP contribution in [0, 0.1) is 18.8 Å². The fraction of sp³-hybridized carbons (Fsp3) is 0.625. The third-order valence-electron chi connectivity index (χ3n) is 4.43. The van der Waals surface area contributed by atoms with E-state index in [1.165, 1.54) is 35.1 Å². The van der Waals surface area contributed by atoms with E-state index in [1.54, 1.807) is 0 Å². The molecule has 1 saturated heterocycles. The molecule has 0 saturated carbocycles. The van der Waals surface area contributed by atoms with Crippen molar-refractivity contribution in [2.75, 3.05) is 19.6 Å². The maximum Gasteiger partial charge on any atom is 0.0470 e. The molecule has 0 aromatic heterocycles. The molecular weight excluding hydrogens is 300 g/mol. The summed E-state index contributed by atoms with van der Waals surface area (Å²) >= 11 is 3.57. The van der Waals surface area contributed by atoms with Crippen molar-refractivity contribution in [1.29, 1.82) is 0 Å². The van der Waals surface area contributed by atoms with Crippen LogP contribution < -0.4 is 5.73 Å². The van der Waals surface area contributed by atoms with E-state index in [0.717, 1.165) is 11.8 Å². The van der Waals surface area contributed by atoms with Gasteiger partial charge in [0.25, 0.3) is 0 Å². The zero-order valence-electron chi connectivity index (χ0n) is 12.2. The van der Waals surface area contributed by atoms with Gasteiger partial charge in [0.1, 0.15) is 0 Å². The first-order valence-corrected chi connectivity index (χ1v) is 8.02. The van der Waals surface area contributed by atoms with Crippen LogP contribution in [-0.4, -0.2) is 24.5 Å². The number of hydrogen-bond acceptors (Lipinski definition) is 2. The maximum atomic E-state index is 6.04. The summed E-state index contributed by atoms with van der Waals surface area (Å²) in [5.74, 6) is 1.60. The normalized spacial score (nSPS) is 22.1. The van der Waals surface area contributed by atoms with E-state index < -0.39 is 0 Å². The molecule has 1 aromatic carbocycles. The molecule has 1 aromatic rings. The molecule has 0 radical (unpaired) electrons. The Hall–Kier alpha value is -0.380. The second kappa shape index (κ2) is 6.38. The van der Waals surface area contributed by atoms with Gasteiger partial charge in [-0.25, -0.2) is 0 Å². The predicted molar refractivity (Wildman–Crippen MR) is 85.2 cm³/mol. The van der Waals surface area contributed by atoms with Gasteiger partial charge in [-0.1, -0.05) is 41.9 Å². The molecule has 1 fully saturated rings. The highest BCUT2D eigenvalue weighted by molar-refractivity contribution is 9.10. The van der Waals surface area contributed by atoms with Crippen molar-refractivity contribution in [3.05, 3.63) is 33.8 Å². The monoisotopic (exact) mass is 324 g/mol. The van der Waals surface area contributed by atoms with Crippen LogP contribution in [0.25, 0.3) is 0 Å². The first kappa shape index (κ1) is 15.0. The maximum absolute atomic E-state index is 6.04. The molecule has 2 N–H and O–H groups in total. The lowest BCUT2D eigenvalue weighted by Crippen LogP contribution is -2.32. The van der Waals surface area contributed by atoms with E-state index in [2.05, 4.69) is 59.8 Å². The van der Waals surface area contributed by atoms with Crippen LogP contribution in [-0.2, 0) is 0 Å². The molecular formula is C16H25BrN2. The molecule has 0 spiro atoms. The molecule has 106 valence electrons. The van der Waals surface area contributed by atoms with Gasteiger partial charge in [-0.15, -0.1) is 0 Å². The van der Waals surface area contributed by atoms with Crippen molar-refractivity contribution >= 4 is 15.9 Å². The first-order chi connectivity index (χ1) is 9.02. The molecule has 0 aliphatic carbocycles. The zero-order valence-corrected chi connectivity index (χ0v) is 13.8. The molecule has 19 heavy (non-hydrogen) atoms. The predicted octanol–water partition coefficient (Wildman–Crippen LogP) is 3.74. The molecule has 3 heteroatoms. The second-order valence-electron chi connectivity index (χ2n) is 6.05. The highest BCUT2D eigenvalue weighted by atomic mass is 79.9. The molecule has 2 rings (SSSR count). The number of halogens is 1. The minimum absolute atomic E-state index is 0.371. The quantitative estimate of drug-likeness (QED) is 0.914. The van der Waals surface area contributed by atoms with E-state index in [0.29, 0.717) is 12.6 Å². The SMILES string of the molecule is Cc1cc(C(CN)N2CCC(C(C)C)C2)ccc1Br. The Morgan fingerprint density at radius 3 is 2.68 bits per heavy atom. The largest absolute Gasteiger partial charge is 0.329 e. The van der Waals surface area contributed by atoms with Crippen molar-refractivity contribution in [3.63, 3.8) is 0 Å². The Bertz CT molecular complexity index is 431. The first-order valence-electron chi connectivity index (χ1n) is 7.23. The standard InChI is InChI=1S/C16H25BrN2/c1-11(2)14-6-7-19(10-14)16(9-18)13-4-5-15(17)12(3)8-13/h4-5,8,11,14,16H,6-7,9-10,18H2,1-3H3. The molecule has 2 atom stereocenters. The summed E-state index contributed by atoms with van der Waals surface area (Å²) in [5, 5.41) is 0. The second-order valence-corrected chi connectivity index (χ2v) is 6.90. The Labute approximate surface area is 125 Å². The highest BCUT2D eigenvalue weighted by Crippen LogP contribution is 2.31. The minimum Gasteiger partial charge on any atom is -0.329 e. The van der Waals surface area contributed by atoms with E-state index in [9.17, 15) is 0 Å². The smallest absolute Gasteiger partial charge is 0.0470 e. The summed E-state index contributed by atoms with van der Waals surface area (Å²) in [6, 6.07) is 6.99. The van der Waals surface area contributed by atoms with Gasteiger partial charge in [0.15, 0.2) is 0 Å². The third kappa shape index (κ3) is 3.39. The Morgan fingerprint density at radius 2 is 2.16 bits per heavy atom. The summed E-state index contributed by atoms with van der Waals surface area (Å²) in [6.45, 7) is 9.87. The summed E-state index contributed by atoms with van der Waals surface area (Å²) < 4.78 is 1.17. The summed E-state index contributed by atoms with van der Waals surface area (Å²) in [4.78, 5) is 2.56. The van der Waals surface area contributed by atoms with Crippen molar-refractivity contribution < 1.29 is 0 Å². The Kier molecular flexibility index (Phi) is 5.04. The Morgan fingerprint density at radius 1 is 1.42 bits per heavy atom. The summed E-state index contributed by atoms with van der Waals surface area (Å²) in [7, 11) is 0. The van der Waals surface area contributed by atoms with Gasteiger partial charge in [0.2, 0.25) is 0 Å². The molecule has 1 aliphatic rings. The number of rotatable bonds is 4. The van der Waals surface area contributed by atoms with Gasteiger partial charge < -0.3 is 5.73 Å². The average molecular weight is 325 g/mol. The minimum atomic E-state index is 0.371. The number of nitrogens with zero attached hydrogens (tertiary/aromatic N) is 1. The fourth-order valence-electron chi connectivity index (χ4n) is 3.01.